The molecule has 1 aromatic heterocycles. The lowest BCUT2D eigenvalue weighted by Crippen LogP contribution is -1.80. The minimum Gasteiger partial charge on any atom is -0.360 e. The van der Waals surface area contributed by atoms with E-state index in [4.69, 9.17) is 0 Å². The summed E-state index contributed by atoms with van der Waals surface area (Å²) in [5, 5.41) is 0.953. The molecule has 1 aromatic carbocycles. The summed E-state index contributed by atoms with van der Waals surface area (Å²) < 4.78 is 0. The topological polar surface area (TPSA) is 32.9 Å². The standard InChI is InChI=1S/C9H6NO/c11-6-8-3-1-2-7-4-5-10-9(7)8/h1-3,5-6,10H. The zero-order chi connectivity index (χ0) is 7.68. The molecule has 11 heavy (non-hydrogen) atoms. The van der Waals surface area contributed by atoms with Gasteiger partial charge in [0.05, 0.1) is 5.52 Å². The zero-order valence-electron chi connectivity index (χ0n) is 5.79. The summed E-state index contributed by atoms with van der Waals surface area (Å²) in [5.74, 6) is 0. The first-order valence-corrected chi connectivity index (χ1v) is 3.35. The lowest BCUT2D eigenvalue weighted by molar-refractivity contribution is 0.112. The van der Waals surface area contributed by atoms with Crippen molar-refractivity contribution in [3.63, 3.8) is 0 Å². The highest BCUT2D eigenvalue weighted by molar-refractivity contribution is 5.95. The number of hydrogen-bond acceptors (Lipinski definition) is 1. The predicted octanol–water partition coefficient (Wildman–Crippen LogP) is 1.78. The molecule has 0 unspecified atom stereocenters. The van der Waals surface area contributed by atoms with Gasteiger partial charge in [-0.2, -0.15) is 0 Å². The van der Waals surface area contributed by atoms with Gasteiger partial charge in [0, 0.05) is 23.2 Å². The van der Waals surface area contributed by atoms with E-state index in [-0.39, 0.29) is 0 Å². The molecule has 2 nitrogen and oxygen atoms in total. The Morgan fingerprint density at radius 2 is 2.36 bits per heavy atom. The van der Waals surface area contributed by atoms with Crippen LogP contribution in [-0.4, -0.2) is 11.3 Å². The van der Waals surface area contributed by atoms with Crippen LogP contribution >= 0.6 is 0 Å². The van der Waals surface area contributed by atoms with Gasteiger partial charge < -0.3 is 4.98 Å². The van der Waals surface area contributed by atoms with Gasteiger partial charge in [-0.3, -0.25) is 4.79 Å². The average molecular weight is 144 g/mol. The highest BCUT2D eigenvalue weighted by atomic mass is 16.1. The third-order valence-corrected chi connectivity index (χ3v) is 1.67. The second-order valence-corrected chi connectivity index (χ2v) is 2.32. The van der Waals surface area contributed by atoms with Gasteiger partial charge in [0.1, 0.15) is 0 Å². The van der Waals surface area contributed by atoms with Gasteiger partial charge in [-0.1, -0.05) is 12.1 Å². The molecule has 2 aromatic rings. The minimum absolute atomic E-state index is 0.684. The SMILES string of the molecule is O=Cc1cccc2[c]c[nH]c12. The number of carbonyl (C=O) groups excluding carboxylic acids is 1. The van der Waals surface area contributed by atoms with Gasteiger partial charge >= 0.3 is 0 Å². The first kappa shape index (κ1) is 6.16. The number of para-hydroxylation sites is 1. The van der Waals surface area contributed by atoms with E-state index in [2.05, 4.69) is 11.1 Å². The molecule has 0 fully saturated rings. The van der Waals surface area contributed by atoms with Crippen LogP contribution in [0.15, 0.2) is 24.4 Å². The summed E-state index contributed by atoms with van der Waals surface area (Å²) in [6, 6.07) is 8.52. The van der Waals surface area contributed by atoms with Crippen molar-refractivity contribution in [2.24, 2.45) is 0 Å². The lowest BCUT2D eigenvalue weighted by atomic mass is 10.2. The zero-order valence-corrected chi connectivity index (χ0v) is 5.79. The Kier molecular flexibility index (Phi) is 1.25. The van der Waals surface area contributed by atoms with Crippen LogP contribution in [0.2, 0.25) is 0 Å². The molecule has 1 heterocycles. The quantitative estimate of drug-likeness (QED) is 0.608. The van der Waals surface area contributed by atoms with Crippen molar-refractivity contribution in [1.82, 2.24) is 4.98 Å². The van der Waals surface area contributed by atoms with Crippen LogP contribution in [0, 0.1) is 6.07 Å². The van der Waals surface area contributed by atoms with E-state index in [1.807, 2.05) is 12.1 Å². The van der Waals surface area contributed by atoms with Crippen LogP contribution in [-0.2, 0) is 0 Å². The second-order valence-electron chi connectivity index (χ2n) is 2.32. The first-order chi connectivity index (χ1) is 5.42. The number of nitrogens with one attached hydrogen (secondary N) is 1. The largest absolute Gasteiger partial charge is 0.360 e. The first-order valence-electron chi connectivity index (χ1n) is 3.35. The van der Waals surface area contributed by atoms with Crippen molar-refractivity contribution >= 4 is 17.2 Å². The molecule has 1 radical (unpaired) electrons. The maximum absolute atomic E-state index is 10.5. The normalized spacial score (nSPS) is 10.2. The number of H-pyrrole nitrogens is 1. The Morgan fingerprint density at radius 3 is 3.18 bits per heavy atom. The number of rotatable bonds is 1. The summed E-state index contributed by atoms with van der Waals surface area (Å²) in [5.41, 5.74) is 1.55. The van der Waals surface area contributed by atoms with Crippen LogP contribution < -0.4 is 0 Å². The molecule has 0 saturated carbocycles. The fraction of sp³-hybridized carbons (Fsp3) is 0. The van der Waals surface area contributed by atoms with Gasteiger partial charge in [-0.05, 0) is 6.07 Å². The monoisotopic (exact) mass is 144 g/mol. The summed E-state index contributed by atoms with van der Waals surface area (Å²) >= 11 is 0. The molecular weight excluding hydrogens is 138 g/mol. The van der Waals surface area contributed by atoms with Gasteiger partial charge in [0.15, 0.2) is 6.29 Å². The number of aromatic nitrogens is 1. The van der Waals surface area contributed by atoms with E-state index in [1.54, 1.807) is 12.3 Å². The van der Waals surface area contributed by atoms with Crippen molar-refractivity contribution in [2.75, 3.05) is 0 Å². The smallest absolute Gasteiger partial charge is 0.152 e. The molecule has 2 rings (SSSR count). The molecule has 0 amide bonds. The van der Waals surface area contributed by atoms with Crippen LogP contribution in [0.5, 0.6) is 0 Å². The Labute approximate surface area is 63.8 Å². The number of fused-ring (bicyclic) bond motifs is 1. The molecule has 0 aliphatic carbocycles. The highest BCUT2D eigenvalue weighted by Gasteiger charge is 1.98. The molecule has 0 aliphatic heterocycles. The number of carbonyl (C=O) groups is 1. The lowest BCUT2D eigenvalue weighted by Gasteiger charge is -1.91. The van der Waals surface area contributed by atoms with E-state index in [0.717, 1.165) is 17.2 Å². The van der Waals surface area contributed by atoms with Crippen molar-refractivity contribution in [3.05, 3.63) is 36.0 Å². The predicted molar refractivity (Wildman–Crippen MR) is 42.5 cm³/mol. The van der Waals surface area contributed by atoms with Gasteiger partial charge in [-0.15, -0.1) is 0 Å². The van der Waals surface area contributed by atoms with Crippen LogP contribution in [0.3, 0.4) is 0 Å². The van der Waals surface area contributed by atoms with E-state index in [0.29, 0.717) is 5.56 Å². The van der Waals surface area contributed by atoms with Crippen LogP contribution in [0.1, 0.15) is 10.4 Å². The molecule has 0 spiro atoms. The fourth-order valence-electron chi connectivity index (χ4n) is 1.14. The molecule has 53 valence electrons. The third kappa shape index (κ3) is 0.835. The number of hydrogen-bond donors (Lipinski definition) is 1. The maximum Gasteiger partial charge on any atom is 0.152 e. The molecule has 1 N–H and O–H groups in total. The molecule has 0 aliphatic rings. The van der Waals surface area contributed by atoms with Gasteiger partial charge in [0.25, 0.3) is 0 Å². The average Bonchev–Trinajstić information content (AvgIpc) is 2.50. The molecule has 2 heteroatoms. The molecule has 0 bridgehead atoms. The Hall–Kier alpha value is -1.57. The van der Waals surface area contributed by atoms with E-state index >= 15 is 0 Å². The fourth-order valence-corrected chi connectivity index (χ4v) is 1.14. The Morgan fingerprint density at radius 1 is 1.45 bits per heavy atom. The Bertz CT molecular complexity index is 389. The molecule has 0 saturated heterocycles. The van der Waals surface area contributed by atoms with Gasteiger partial charge in [-0.25, -0.2) is 0 Å². The van der Waals surface area contributed by atoms with Gasteiger partial charge in [0.2, 0.25) is 0 Å². The second kappa shape index (κ2) is 2.23. The van der Waals surface area contributed by atoms with E-state index in [9.17, 15) is 4.79 Å². The number of aromatic amines is 1. The van der Waals surface area contributed by atoms with Crippen molar-refractivity contribution in [2.45, 2.75) is 0 Å². The highest BCUT2D eigenvalue weighted by Crippen LogP contribution is 2.13. The van der Waals surface area contributed by atoms with Crippen LogP contribution in [0.4, 0.5) is 0 Å². The molecule has 0 atom stereocenters. The summed E-state index contributed by atoms with van der Waals surface area (Å²) in [4.78, 5) is 13.4. The minimum atomic E-state index is 0.684. The van der Waals surface area contributed by atoms with Crippen molar-refractivity contribution < 1.29 is 4.79 Å². The van der Waals surface area contributed by atoms with Crippen molar-refractivity contribution in [1.29, 1.82) is 0 Å². The molecular formula is C9H6NO. The van der Waals surface area contributed by atoms with Crippen LogP contribution in [0.25, 0.3) is 10.9 Å². The van der Waals surface area contributed by atoms with E-state index in [1.165, 1.54) is 0 Å². The summed E-state index contributed by atoms with van der Waals surface area (Å²) in [6.45, 7) is 0. The maximum atomic E-state index is 10.5. The van der Waals surface area contributed by atoms with E-state index < -0.39 is 0 Å². The Balaban J connectivity index is 2.88. The number of aldehydes is 1. The summed E-state index contributed by atoms with van der Waals surface area (Å²) in [7, 11) is 0. The van der Waals surface area contributed by atoms with Crippen molar-refractivity contribution in [3.8, 4) is 0 Å². The third-order valence-electron chi connectivity index (χ3n) is 1.67. The number of benzene rings is 1. The summed E-state index contributed by atoms with van der Waals surface area (Å²) in [6.07, 6.45) is 2.55.